The molecule has 0 N–H and O–H groups in total. The number of aromatic nitrogens is 2. The molecule has 1 saturated heterocycles. The SMILES string of the molecule is CCCc1cc(N2CCN(CCCCC(=O)N3CCCCc4ccccc43)CC2)nc(C(C)(C)C)n1.O=C(CCCCCl)N1CCCCc2ccccc21. The van der Waals surface area contributed by atoms with Crippen LogP contribution in [-0.4, -0.2) is 78.4 Å². The van der Waals surface area contributed by atoms with E-state index in [1.165, 1.54) is 24.0 Å². The molecule has 0 radical (unpaired) electrons. The number of carbonyl (C=O) groups is 2. The number of hydrogen-bond acceptors (Lipinski definition) is 6. The van der Waals surface area contributed by atoms with E-state index in [0.29, 0.717) is 18.7 Å². The molecule has 2 aromatic carbocycles. The summed E-state index contributed by atoms with van der Waals surface area (Å²) in [6.45, 7) is 15.6. The van der Waals surface area contributed by atoms with Gasteiger partial charge >= 0.3 is 0 Å². The lowest BCUT2D eigenvalue weighted by atomic mass is 9.95. The Kier molecular flexibility index (Phi) is 16.2. The van der Waals surface area contributed by atoms with E-state index in [2.05, 4.69) is 86.0 Å². The van der Waals surface area contributed by atoms with Crippen LogP contribution in [-0.2, 0) is 34.3 Å². The second-order valence-electron chi connectivity index (χ2n) is 16.2. The van der Waals surface area contributed by atoms with Gasteiger partial charge in [0.2, 0.25) is 11.8 Å². The zero-order valence-electron chi connectivity index (χ0n) is 33.6. The molecule has 6 rings (SSSR count). The highest BCUT2D eigenvalue weighted by Crippen LogP contribution is 2.29. The number of anilines is 3. The molecule has 0 unspecified atom stereocenters. The number of halogens is 1. The monoisotopic (exact) mass is 756 g/mol. The molecule has 3 aliphatic rings. The summed E-state index contributed by atoms with van der Waals surface area (Å²) in [5.41, 5.74) is 5.99. The van der Waals surface area contributed by atoms with Gasteiger partial charge in [-0.25, -0.2) is 9.97 Å². The first kappa shape index (κ1) is 41.7. The second-order valence-corrected chi connectivity index (χ2v) is 16.6. The lowest BCUT2D eigenvalue weighted by Gasteiger charge is -2.36. The average molecular weight is 758 g/mol. The molecule has 3 aliphatic heterocycles. The molecule has 8 nitrogen and oxygen atoms in total. The fraction of sp³-hybridized carbons (Fsp3) is 0.600. The summed E-state index contributed by atoms with van der Waals surface area (Å²) >= 11 is 5.65. The van der Waals surface area contributed by atoms with E-state index in [-0.39, 0.29) is 17.2 Å². The number of alkyl halides is 1. The average Bonchev–Trinajstić information content (AvgIpc) is 3.54. The molecule has 294 valence electrons. The van der Waals surface area contributed by atoms with Crippen LogP contribution >= 0.6 is 11.6 Å². The Morgan fingerprint density at radius 2 is 1.26 bits per heavy atom. The van der Waals surface area contributed by atoms with Crippen LogP contribution in [0.1, 0.15) is 121 Å². The van der Waals surface area contributed by atoms with Gasteiger partial charge < -0.3 is 14.7 Å². The van der Waals surface area contributed by atoms with Crippen molar-refractivity contribution in [3.05, 3.63) is 77.2 Å². The number of benzene rings is 2. The number of aryl methyl sites for hydroxylation is 3. The first-order valence-corrected chi connectivity index (χ1v) is 21.4. The molecule has 0 saturated carbocycles. The third-order valence-electron chi connectivity index (χ3n) is 10.9. The molecular weight excluding hydrogens is 692 g/mol. The van der Waals surface area contributed by atoms with Crippen molar-refractivity contribution < 1.29 is 9.59 Å². The Morgan fingerprint density at radius 3 is 1.80 bits per heavy atom. The number of rotatable bonds is 12. The Balaban J connectivity index is 0.000000260. The van der Waals surface area contributed by atoms with Gasteiger partial charge in [-0.1, -0.05) is 70.5 Å². The number of para-hydroxylation sites is 2. The van der Waals surface area contributed by atoms with Gasteiger partial charge in [-0.3, -0.25) is 14.5 Å². The van der Waals surface area contributed by atoms with E-state index < -0.39 is 0 Å². The molecular formula is C45H65ClN6O2. The van der Waals surface area contributed by atoms with Gasteiger partial charge in [0.05, 0.1) is 0 Å². The highest BCUT2D eigenvalue weighted by molar-refractivity contribution is 6.17. The van der Waals surface area contributed by atoms with Crippen molar-refractivity contribution in [2.24, 2.45) is 0 Å². The Bertz CT molecular complexity index is 1630. The standard InChI is InChI=1S/C30H45N5O.C15H20ClNO/c1-5-12-25-23-27(32-29(31-25)30(2,3)4)34-21-19-33(20-22-34)17-10-9-16-28(36)35-18-11-8-14-24-13-6-7-15-26(24)35;16-11-5-3-10-15(18)17-12-6-4-8-13-7-1-2-9-14(13)17/h6-7,13,15,23H,5,8-12,14,16-22H2,1-4H3;1-2,7,9H,3-6,8,10-12H2. The third-order valence-corrected chi connectivity index (χ3v) is 11.1. The summed E-state index contributed by atoms with van der Waals surface area (Å²) < 4.78 is 0. The molecule has 54 heavy (non-hydrogen) atoms. The van der Waals surface area contributed by atoms with Crippen LogP contribution in [0, 0.1) is 0 Å². The van der Waals surface area contributed by atoms with Gasteiger partial charge in [0.1, 0.15) is 11.6 Å². The molecule has 0 spiro atoms. The van der Waals surface area contributed by atoms with E-state index in [9.17, 15) is 9.59 Å². The van der Waals surface area contributed by atoms with Gasteiger partial charge in [-0.15, -0.1) is 11.6 Å². The van der Waals surface area contributed by atoms with Crippen molar-refractivity contribution in [2.75, 3.05) is 66.4 Å². The van der Waals surface area contributed by atoms with Gasteiger partial charge in [-0.05, 0) is 100 Å². The van der Waals surface area contributed by atoms with Crippen LogP contribution in [0.15, 0.2) is 54.6 Å². The maximum Gasteiger partial charge on any atom is 0.226 e. The minimum Gasteiger partial charge on any atom is -0.354 e. The summed E-state index contributed by atoms with van der Waals surface area (Å²) in [6.07, 6.45) is 13.9. The molecule has 4 heterocycles. The molecule has 0 atom stereocenters. The minimum absolute atomic E-state index is 0.0485. The highest BCUT2D eigenvalue weighted by atomic mass is 35.5. The normalized spacial score (nSPS) is 16.4. The van der Waals surface area contributed by atoms with Gasteiger partial charge in [0.15, 0.2) is 0 Å². The molecule has 3 aromatic rings. The van der Waals surface area contributed by atoms with Crippen LogP contribution in [0.2, 0.25) is 0 Å². The summed E-state index contributed by atoms with van der Waals surface area (Å²) in [6, 6.07) is 18.9. The van der Waals surface area contributed by atoms with E-state index in [0.717, 1.165) is 139 Å². The van der Waals surface area contributed by atoms with Crippen molar-refractivity contribution >= 4 is 40.6 Å². The molecule has 9 heteroatoms. The Hall–Kier alpha value is -3.49. The van der Waals surface area contributed by atoms with Crippen molar-refractivity contribution in [3.8, 4) is 0 Å². The summed E-state index contributed by atoms with van der Waals surface area (Å²) in [4.78, 5) is 44.1. The summed E-state index contributed by atoms with van der Waals surface area (Å²) in [7, 11) is 0. The van der Waals surface area contributed by atoms with Crippen LogP contribution in [0.3, 0.4) is 0 Å². The van der Waals surface area contributed by atoms with Crippen molar-refractivity contribution in [1.82, 2.24) is 14.9 Å². The maximum atomic E-state index is 13.0. The first-order valence-electron chi connectivity index (χ1n) is 20.9. The Labute approximate surface area is 330 Å². The summed E-state index contributed by atoms with van der Waals surface area (Å²) in [5.74, 6) is 3.21. The topological polar surface area (TPSA) is 72.9 Å². The lowest BCUT2D eigenvalue weighted by molar-refractivity contribution is -0.119. The number of nitrogens with zero attached hydrogens (tertiary/aromatic N) is 6. The molecule has 2 amide bonds. The van der Waals surface area contributed by atoms with Crippen molar-refractivity contribution in [2.45, 2.75) is 123 Å². The second kappa shape index (κ2) is 21.0. The molecule has 1 aromatic heterocycles. The van der Waals surface area contributed by atoms with Crippen LogP contribution in [0.5, 0.6) is 0 Å². The predicted octanol–water partition coefficient (Wildman–Crippen LogP) is 9.15. The fourth-order valence-electron chi connectivity index (χ4n) is 7.72. The smallest absolute Gasteiger partial charge is 0.226 e. The fourth-order valence-corrected chi connectivity index (χ4v) is 7.91. The zero-order valence-corrected chi connectivity index (χ0v) is 34.4. The quantitative estimate of drug-likeness (QED) is 0.136. The number of unbranched alkanes of at least 4 members (excludes halogenated alkanes) is 2. The lowest BCUT2D eigenvalue weighted by Crippen LogP contribution is -2.47. The highest BCUT2D eigenvalue weighted by Gasteiger charge is 2.25. The molecule has 0 aliphatic carbocycles. The molecule has 0 bridgehead atoms. The largest absolute Gasteiger partial charge is 0.354 e. The predicted molar refractivity (Wildman–Crippen MR) is 225 cm³/mol. The maximum absolute atomic E-state index is 13.0. The van der Waals surface area contributed by atoms with Gasteiger partial charge in [0, 0.05) is 86.5 Å². The van der Waals surface area contributed by atoms with Crippen molar-refractivity contribution in [1.29, 1.82) is 0 Å². The molecule has 1 fully saturated rings. The number of hydrogen-bond donors (Lipinski definition) is 0. The zero-order chi connectivity index (χ0) is 38.3. The van der Waals surface area contributed by atoms with Crippen molar-refractivity contribution in [3.63, 3.8) is 0 Å². The van der Waals surface area contributed by atoms with Gasteiger partial charge in [-0.2, -0.15) is 0 Å². The van der Waals surface area contributed by atoms with E-state index in [4.69, 9.17) is 21.6 Å². The third kappa shape index (κ3) is 12.0. The van der Waals surface area contributed by atoms with Crippen LogP contribution < -0.4 is 14.7 Å². The number of carbonyl (C=O) groups excluding carboxylic acids is 2. The van der Waals surface area contributed by atoms with Crippen LogP contribution in [0.25, 0.3) is 0 Å². The van der Waals surface area contributed by atoms with E-state index in [1.54, 1.807) is 0 Å². The minimum atomic E-state index is -0.0485. The van der Waals surface area contributed by atoms with E-state index >= 15 is 0 Å². The summed E-state index contributed by atoms with van der Waals surface area (Å²) in [5, 5.41) is 0. The van der Waals surface area contributed by atoms with Gasteiger partial charge in [0.25, 0.3) is 0 Å². The van der Waals surface area contributed by atoms with E-state index in [1.807, 2.05) is 15.9 Å². The number of fused-ring (bicyclic) bond motifs is 2. The Morgan fingerprint density at radius 1 is 0.704 bits per heavy atom. The number of piperazine rings is 1. The number of amides is 2. The van der Waals surface area contributed by atoms with Crippen LogP contribution in [0.4, 0.5) is 17.2 Å². The first-order chi connectivity index (χ1) is 26.2.